The number of halogens is 6. The van der Waals surface area contributed by atoms with E-state index in [1.54, 1.807) is 0 Å². The molecule has 9 heteroatoms. The number of rotatable bonds is 0. The Balaban J connectivity index is 2.73. The van der Waals surface area contributed by atoms with E-state index < -0.39 is 0 Å². The largest absolute Gasteiger partial charge is 0.280 e. The smallest absolute Gasteiger partial charge is 0.190 e. The minimum absolute atomic E-state index is 0.377. The highest BCUT2D eigenvalue weighted by Gasteiger charge is 2.39. The average molecular weight is 603 g/mol. The Bertz CT molecular complexity index is 202. The van der Waals surface area contributed by atoms with Gasteiger partial charge in [0.1, 0.15) is 0 Å². The normalized spacial score (nSPS) is 23.4. The molecule has 1 aliphatic heterocycles. The van der Waals surface area contributed by atoms with Crippen LogP contribution in [0.5, 0.6) is 0 Å². The Morgan fingerprint density at radius 2 is 1.07 bits per heavy atom. The molecule has 3 nitrogen and oxygen atoms in total. The summed E-state index contributed by atoms with van der Waals surface area (Å²) < 4.78 is -0.754. The first-order valence-electron chi connectivity index (χ1n) is 3.93. The molecule has 0 N–H and O–H groups in total. The summed E-state index contributed by atoms with van der Waals surface area (Å²) in [5.74, 6) is 0. The van der Waals surface area contributed by atoms with Crippen molar-refractivity contribution in [1.82, 2.24) is 14.7 Å². The van der Waals surface area contributed by atoms with E-state index in [9.17, 15) is 0 Å². The van der Waals surface area contributed by atoms with Crippen molar-refractivity contribution in [2.75, 3.05) is 27.1 Å². The van der Waals surface area contributed by atoms with Gasteiger partial charge in [0.25, 0.3) is 0 Å². The molecule has 1 heterocycles. The highest BCUT2D eigenvalue weighted by molar-refractivity contribution is 9.39. The zero-order valence-corrected chi connectivity index (χ0v) is 17.2. The number of nitrogens with zero attached hydrogens (tertiary/aromatic N) is 3. The summed E-state index contributed by atoms with van der Waals surface area (Å²) in [6.07, 6.45) is 0. The van der Waals surface area contributed by atoms with Gasteiger partial charge in [-0.2, -0.15) is 0 Å². The van der Waals surface area contributed by atoms with Gasteiger partial charge < -0.3 is 0 Å². The third-order valence-electron chi connectivity index (χ3n) is 1.88. The molecular formula is C6H9Br6N3. The molecule has 0 aliphatic carbocycles. The lowest BCUT2D eigenvalue weighted by atomic mass is 10.6. The topological polar surface area (TPSA) is 9.72 Å². The molecule has 1 saturated heterocycles. The molecule has 90 valence electrons. The van der Waals surface area contributed by atoms with Crippen molar-refractivity contribution in [3.63, 3.8) is 0 Å². The highest BCUT2D eigenvalue weighted by atomic mass is 80.0. The van der Waals surface area contributed by atoms with Crippen LogP contribution in [0.25, 0.3) is 0 Å². The third kappa shape index (κ3) is 5.10. The first-order valence-corrected chi connectivity index (χ1v) is 8.68. The minimum Gasteiger partial charge on any atom is -0.280 e. The lowest BCUT2D eigenvalue weighted by Crippen LogP contribution is -2.59. The molecule has 0 spiro atoms. The lowest BCUT2D eigenvalue weighted by Gasteiger charge is -2.46. The molecule has 0 aromatic heterocycles. The van der Waals surface area contributed by atoms with Gasteiger partial charge in [0.2, 0.25) is 0 Å². The maximum absolute atomic E-state index is 3.52. The van der Waals surface area contributed by atoms with Gasteiger partial charge in [0.15, 0.2) is 4.53 Å². The van der Waals surface area contributed by atoms with Crippen LogP contribution in [0, 0.1) is 0 Å². The van der Waals surface area contributed by atoms with Crippen LogP contribution < -0.4 is 0 Å². The Hall–Kier alpha value is 2.76. The lowest BCUT2D eigenvalue weighted by molar-refractivity contribution is -0.00704. The van der Waals surface area contributed by atoms with Gasteiger partial charge in [-0.25, -0.2) is 9.80 Å². The molecule has 1 rings (SSSR count). The van der Waals surface area contributed by atoms with Crippen molar-refractivity contribution in [2.24, 2.45) is 0 Å². The van der Waals surface area contributed by atoms with Gasteiger partial charge in [-0.05, 0) is 103 Å². The van der Waals surface area contributed by atoms with Gasteiger partial charge in [0.05, 0.1) is 20.0 Å². The maximum Gasteiger partial charge on any atom is 0.190 e. The van der Waals surface area contributed by atoms with Gasteiger partial charge in [-0.1, -0.05) is 0 Å². The van der Waals surface area contributed by atoms with Gasteiger partial charge in [0, 0.05) is 0 Å². The quantitative estimate of drug-likeness (QED) is 0.307. The van der Waals surface area contributed by atoms with E-state index in [0.29, 0.717) is 0 Å². The van der Waals surface area contributed by atoms with Gasteiger partial charge in [-0.15, -0.1) is 0 Å². The van der Waals surface area contributed by atoms with Crippen LogP contribution in [-0.2, 0) is 0 Å². The minimum atomic E-state index is -0.377. The molecule has 1 fully saturated rings. The highest BCUT2D eigenvalue weighted by Crippen LogP contribution is 2.43. The van der Waals surface area contributed by atoms with Crippen LogP contribution in [0.2, 0.25) is 0 Å². The molecule has 0 atom stereocenters. The van der Waals surface area contributed by atoms with Gasteiger partial charge in [-0.3, -0.25) is 4.90 Å². The summed E-state index contributed by atoms with van der Waals surface area (Å²) in [6.45, 7) is 2.51. The van der Waals surface area contributed by atoms with E-state index in [2.05, 4.69) is 117 Å². The Kier molecular flexibility index (Phi) is 6.13. The molecule has 0 unspecified atom stereocenters. The summed E-state index contributed by atoms with van der Waals surface area (Å²) >= 11 is 21.1. The third-order valence-corrected chi connectivity index (χ3v) is 4.89. The van der Waals surface area contributed by atoms with E-state index >= 15 is 0 Å². The molecule has 0 saturated carbocycles. The van der Waals surface area contributed by atoms with Crippen molar-refractivity contribution in [3.8, 4) is 0 Å². The molecule has 0 radical (unpaired) electrons. The molecule has 0 bridgehead atoms. The summed E-state index contributed by atoms with van der Waals surface area (Å²) in [5.41, 5.74) is 0. The van der Waals surface area contributed by atoms with E-state index in [1.807, 2.05) is 0 Å². The van der Waals surface area contributed by atoms with Crippen molar-refractivity contribution in [3.05, 3.63) is 0 Å². The Morgan fingerprint density at radius 3 is 1.33 bits per heavy atom. The van der Waals surface area contributed by atoms with Crippen molar-refractivity contribution in [2.45, 2.75) is 4.53 Å². The summed E-state index contributed by atoms with van der Waals surface area (Å²) in [6, 6.07) is 0. The van der Waals surface area contributed by atoms with Gasteiger partial charge >= 0.3 is 0 Å². The molecule has 0 aromatic rings. The van der Waals surface area contributed by atoms with Crippen LogP contribution in [0.15, 0.2) is 0 Å². The first-order chi connectivity index (χ1) is 6.60. The fourth-order valence-corrected chi connectivity index (χ4v) is 2.59. The fraction of sp³-hybridized carbons (Fsp3) is 1.00. The SMILES string of the molecule is CN1CN(C(Br)(Br)Br)CN(C(Br)(Br)Br)C1. The molecule has 0 aromatic carbocycles. The number of hydrogen-bond acceptors (Lipinski definition) is 3. The fourth-order valence-electron chi connectivity index (χ4n) is 1.24. The van der Waals surface area contributed by atoms with Crippen molar-refractivity contribution >= 4 is 95.6 Å². The second-order valence-electron chi connectivity index (χ2n) is 3.30. The standard InChI is InChI=1S/C6H9Br6N3/c1-13-2-14(5(7,8)9)4-15(3-13)6(10,11)12/h2-4H2,1H3. The summed E-state index contributed by atoms with van der Waals surface area (Å²) in [7, 11) is 2.07. The monoisotopic (exact) mass is 597 g/mol. The Labute approximate surface area is 140 Å². The van der Waals surface area contributed by atoms with E-state index in [4.69, 9.17) is 0 Å². The van der Waals surface area contributed by atoms with E-state index in [1.165, 1.54) is 0 Å². The summed E-state index contributed by atoms with van der Waals surface area (Å²) in [5, 5.41) is 0. The average Bonchev–Trinajstić information content (AvgIpc) is 1.99. The first kappa shape index (κ1) is 15.8. The molecule has 1 aliphatic rings. The number of alkyl halides is 6. The Morgan fingerprint density at radius 1 is 0.733 bits per heavy atom. The molecule has 0 amide bonds. The molecular weight excluding hydrogens is 594 g/mol. The van der Waals surface area contributed by atoms with Crippen LogP contribution in [-0.4, -0.2) is 46.3 Å². The van der Waals surface area contributed by atoms with Crippen LogP contribution in [0.3, 0.4) is 0 Å². The van der Waals surface area contributed by atoms with Crippen molar-refractivity contribution in [1.29, 1.82) is 0 Å². The predicted octanol–water partition coefficient (Wildman–Crippen LogP) is 4.00. The maximum atomic E-state index is 3.52. The predicted molar refractivity (Wildman–Crippen MR) is 85.1 cm³/mol. The van der Waals surface area contributed by atoms with Crippen LogP contribution >= 0.6 is 95.6 Å². The zero-order chi connectivity index (χ0) is 11.9. The van der Waals surface area contributed by atoms with Crippen LogP contribution in [0.1, 0.15) is 0 Å². The second-order valence-corrected chi connectivity index (χ2v) is 16.6. The second kappa shape index (κ2) is 5.81. The zero-order valence-electron chi connectivity index (χ0n) is 7.73. The molecule has 15 heavy (non-hydrogen) atoms. The van der Waals surface area contributed by atoms with E-state index in [-0.39, 0.29) is 4.53 Å². The summed E-state index contributed by atoms with van der Waals surface area (Å²) in [4.78, 5) is 6.55. The van der Waals surface area contributed by atoms with Crippen LogP contribution in [0.4, 0.5) is 0 Å². The number of hydrogen-bond donors (Lipinski definition) is 0. The van der Waals surface area contributed by atoms with Crippen molar-refractivity contribution < 1.29 is 0 Å². The van der Waals surface area contributed by atoms with E-state index in [0.717, 1.165) is 20.0 Å².